The maximum atomic E-state index is 12.2. The van der Waals surface area contributed by atoms with Crippen molar-refractivity contribution in [1.82, 2.24) is 10.3 Å². The highest BCUT2D eigenvalue weighted by atomic mass is 32.2. The molecule has 1 atom stereocenters. The van der Waals surface area contributed by atoms with E-state index in [0.29, 0.717) is 23.3 Å². The molecule has 2 aromatic rings. The number of hydrogen-bond donors (Lipinski definition) is 2. The Morgan fingerprint density at radius 3 is 3.10 bits per heavy atom. The third-order valence-electron chi connectivity index (χ3n) is 3.52. The van der Waals surface area contributed by atoms with E-state index in [1.54, 1.807) is 6.07 Å². The number of hydrogen-bond acceptors (Lipinski definition) is 4. The van der Waals surface area contributed by atoms with E-state index in [9.17, 15) is 4.79 Å². The fourth-order valence-electron chi connectivity index (χ4n) is 2.44. The van der Waals surface area contributed by atoms with E-state index in [1.165, 1.54) is 18.6 Å². The molecule has 0 aliphatic carbocycles. The maximum Gasteiger partial charge on any atom is 0.270 e. The van der Waals surface area contributed by atoms with Gasteiger partial charge in [0.25, 0.3) is 5.91 Å². The minimum atomic E-state index is -0.144. The second-order valence-electron chi connectivity index (χ2n) is 4.96. The number of rotatable bonds is 3. The number of aromatic nitrogens is 1. The first-order chi connectivity index (χ1) is 9.74. The molecule has 0 saturated carbocycles. The zero-order valence-corrected chi connectivity index (χ0v) is 12.0. The minimum Gasteiger partial charge on any atom is -0.383 e. The summed E-state index contributed by atoms with van der Waals surface area (Å²) in [7, 11) is 0. The standard InChI is InChI=1S/C15H17N3OS/c16-14-12-6-2-1-4-10(12)8-13(18-14)15(19)17-9-11-5-3-7-20-11/h1-2,4,6,8,11H,3,5,7,9H2,(H2,16,18)(H,17,19). The van der Waals surface area contributed by atoms with Crippen LogP contribution in [-0.2, 0) is 0 Å². The second-order valence-corrected chi connectivity index (χ2v) is 6.37. The Morgan fingerprint density at radius 2 is 2.30 bits per heavy atom. The van der Waals surface area contributed by atoms with Crippen LogP contribution in [0.15, 0.2) is 30.3 Å². The van der Waals surface area contributed by atoms with E-state index in [-0.39, 0.29) is 5.91 Å². The Morgan fingerprint density at radius 1 is 1.45 bits per heavy atom. The van der Waals surface area contributed by atoms with Crippen LogP contribution in [0.4, 0.5) is 5.82 Å². The summed E-state index contributed by atoms with van der Waals surface area (Å²) in [4.78, 5) is 16.4. The van der Waals surface area contributed by atoms with Crippen LogP contribution in [0, 0.1) is 0 Å². The van der Waals surface area contributed by atoms with Gasteiger partial charge >= 0.3 is 0 Å². The number of nitrogen functional groups attached to an aromatic ring is 1. The predicted octanol–water partition coefficient (Wildman–Crippen LogP) is 2.44. The second kappa shape index (κ2) is 5.71. The summed E-state index contributed by atoms with van der Waals surface area (Å²) in [5.41, 5.74) is 6.31. The molecule has 1 aliphatic heterocycles. The smallest absolute Gasteiger partial charge is 0.270 e. The molecule has 104 valence electrons. The van der Waals surface area contributed by atoms with E-state index in [1.807, 2.05) is 36.0 Å². The fourth-order valence-corrected chi connectivity index (χ4v) is 3.65. The van der Waals surface area contributed by atoms with Crippen molar-refractivity contribution >= 4 is 34.3 Å². The molecule has 1 aromatic heterocycles. The molecule has 0 spiro atoms. The number of amides is 1. The van der Waals surface area contributed by atoms with Crippen molar-refractivity contribution in [2.45, 2.75) is 18.1 Å². The molecular weight excluding hydrogens is 270 g/mol. The molecule has 0 bridgehead atoms. The van der Waals surface area contributed by atoms with Crippen molar-refractivity contribution in [2.75, 3.05) is 18.0 Å². The SMILES string of the molecule is Nc1nc(C(=O)NCC2CCCS2)cc2ccccc12. The number of carbonyl (C=O) groups is 1. The van der Waals surface area contributed by atoms with Gasteiger partial charge in [0.15, 0.2) is 0 Å². The number of nitrogens with zero attached hydrogens (tertiary/aromatic N) is 1. The summed E-state index contributed by atoms with van der Waals surface area (Å²) in [6, 6.07) is 9.49. The van der Waals surface area contributed by atoms with Crippen molar-refractivity contribution in [3.63, 3.8) is 0 Å². The average Bonchev–Trinajstić information content (AvgIpc) is 2.98. The van der Waals surface area contributed by atoms with Gasteiger partial charge in [-0.15, -0.1) is 0 Å². The van der Waals surface area contributed by atoms with Crippen LogP contribution in [0.3, 0.4) is 0 Å². The summed E-state index contributed by atoms with van der Waals surface area (Å²) in [6.07, 6.45) is 2.42. The lowest BCUT2D eigenvalue weighted by Crippen LogP contribution is -2.30. The van der Waals surface area contributed by atoms with Crippen LogP contribution in [0.25, 0.3) is 10.8 Å². The van der Waals surface area contributed by atoms with Crippen LogP contribution in [0.5, 0.6) is 0 Å². The molecule has 0 radical (unpaired) electrons. The summed E-state index contributed by atoms with van der Waals surface area (Å²) < 4.78 is 0. The van der Waals surface area contributed by atoms with Gasteiger partial charge in [0, 0.05) is 17.2 Å². The van der Waals surface area contributed by atoms with Gasteiger partial charge in [-0.3, -0.25) is 4.79 Å². The van der Waals surface area contributed by atoms with Gasteiger partial charge in [-0.1, -0.05) is 24.3 Å². The number of pyridine rings is 1. The van der Waals surface area contributed by atoms with Crippen LogP contribution in [0.2, 0.25) is 0 Å². The Balaban J connectivity index is 1.77. The zero-order chi connectivity index (χ0) is 13.9. The van der Waals surface area contributed by atoms with Crippen molar-refractivity contribution < 1.29 is 4.79 Å². The van der Waals surface area contributed by atoms with Crippen molar-refractivity contribution in [3.05, 3.63) is 36.0 Å². The Kier molecular flexibility index (Phi) is 3.78. The number of anilines is 1. The van der Waals surface area contributed by atoms with Crippen LogP contribution >= 0.6 is 11.8 Å². The largest absolute Gasteiger partial charge is 0.383 e. The average molecular weight is 287 g/mol. The van der Waals surface area contributed by atoms with E-state index in [2.05, 4.69) is 10.3 Å². The van der Waals surface area contributed by atoms with Gasteiger partial charge in [0.1, 0.15) is 11.5 Å². The zero-order valence-electron chi connectivity index (χ0n) is 11.1. The first-order valence-electron chi connectivity index (χ1n) is 6.79. The minimum absolute atomic E-state index is 0.144. The number of nitrogens with one attached hydrogen (secondary N) is 1. The Hall–Kier alpha value is -1.75. The monoisotopic (exact) mass is 287 g/mol. The van der Waals surface area contributed by atoms with Crippen LogP contribution in [-0.4, -0.2) is 28.4 Å². The number of thioether (sulfide) groups is 1. The summed E-state index contributed by atoms with van der Waals surface area (Å²) in [5, 5.41) is 5.32. The quantitative estimate of drug-likeness (QED) is 0.910. The predicted molar refractivity (Wildman–Crippen MR) is 84.0 cm³/mol. The highest BCUT2D eigenvalue weighted by Crippen LogP contribution is 2.25. The van der Waals surface area contributed by atoms with Crippen molar-refractivity contribution in [3.8, 4) is 0 Å². The lowest BCUT2D eigenvalue weighted by atomic mass is 10.1. The highest BCUT2D eigenvalue weighted by Gasteiger charge is 2.17. The maximum absolute atomic E-state index is 12.2. The number of benzene rings is 1. The number of carbonyl (C=O) groups excluding carboxylic acids is 1. The molecule has 4 nitrogen and oxygen atoms in total. The Labute approximate surface area is 122 Å². The molecule has 1 fully saturated rings. The first-order valence-corrected chi connectivity index (χ1v) is 7.84. The van der Waals surface area contributed by atoms with E-state index < -0.39 is 0 Å². The van der Waals surface area contributed by atoms with Crippen molar-refractivity contribution in [2.24, 2.45) is 0 Å². The van der Waals surface area contributed by atoms with Crippen molar-refractivity contribution in [1.29, 1.82) is 0 Å². The van der Waals surface area contributed by atoms with Gasteiger partial charge in [0.2, 0.25) is 0 Å². The van der Waals surface area contributed by atoms with Crippen LogP contribution in [0.1, 0.15) is 23.3 Å². The Bertz CT molecular complexity index is 638. The molecule has 1 amide bonds. The van der Waals surface area contributed by atoms with Gasteiger partial charge in [-0.25, -0.2) is 4.98 Å². The number of nitrogens with two attached hydrogens (primary N) is 1. The topological polar surface area (TPSA) is 68.0 Å². The summed E-state index contributed by atoms with van der Waals surface area (Å²) >= 11 is 1.93. The number of fused-ring (bicyclic) bond motifs is 1. The molecule has 5 heteroatoms. The summed E-state index contributed by atoms with van der Waals surface area (Å²) in [5.74, 6) is 1.46. The molecule has 3 rings (SSSR count). The molecular formula is C15H17N3OS. The highest BCUT2D eigenvalue weighted by molar-refractivity contribution is 8.00. The molecule has 2 heterocycles. The lowest BCUT2D eigenvalue weighted by molar-refractivity contribution is 0.0949. The lowest BCUT2D eigenvalue weighted by Gasteiger charge is -2.10. The third-order valence-corrected chi connectivity index (χ3v) is 4.91. The van der Waals surface area contributed by atoms with E-state index in [4.69, 9.17) is 5.73 Å². The molecule has 1 saturated heterocycles. The van der Waals surface area contributed by atoms with Gasteiger partial charge in [-0.2, -0.15) is 11.8 Å². The fraction of sp³-hybridized carbons (Fsp3) is 0.333. The van der Waals surface area contributed by atoms with E-state index in [0.717, 1.165) is 10.8 Å². The molecule has 1 aliphatic rings. The molecule has 1 aromatic carbocycles. The van der Waals surface area contributed by atoms with Gasteiger partial charge in [0.05, 0.1) is 0 Å². The molecule has 3 N–H and O–H groups in total. The van der Waals surface area contributed by atoms with Gasteiger partial charge in [-0.05, 0) is 30.0 Å². The van der Waals surface area contributed by atoms with Crippen LogP contribution < -0.4 is 11.1 Å². The normalized spacial score (nSPS) is 18.3. The molecule has 20 heavy (non-hydrogen) atoms. The first kappa shape index (κ1) is 13.2. The molecule has 1 unspecified atom stereocenters. The van der Waals surface area contributed by atoms with E-state index >= 15 is 0 Å². The van der Waals surface area contributed by atoms with Gasteiger partial charge < -0.3 is 11.1 Å². The summed E-state index contributed by atoms with van der Waals surface area (Å²) in [6.45, 7) is 0.706. The third kappa shape index (κ3) is 2.72.